The molecule has 1 heterocycles. The Hall–Kier alpha value is -2.83. The van der Waals surface area contributed by atoms with Gasteiger partial charge in [-0.15, -0.1) is 6.58 Å². The second-order valence-corrected chi connectivity index (χ2v) is 7.23. The zero-order valence-electron chi connectivity index (χ0n) is 17.6. The molecule has 2 amide bonds. The van der Waals surface area contributed by atoms with Crippen molar-refractivity contribution in [3.05, 3.63) is 48.0 Å². The van der Waals surface area contributed by atoms with Gasteiger partial charge in [-0.3, -0.25) is 14.6 Å². The Morgan fingerprint density at radius 2 is 2.07 bits per heavy atom. The third-order valence-electron chi connectivity index (χ3n) is 4.95. The number of amides is 2. The van der Waals surface area contributed by atoms with Gasteiger partial charge in [0.2, 0.25) is 5.91 Å². The van der Waals surface area contributed by atoms with Gasteiger partial charge in [0.15, 0.2) is 5.96 Å². The van der Waals surface area contributed by atoms with E-state index in [1.807, 2.05) is 37.4 Å². The molecule has 1 aromatic rings. The number of piperazine rings is 1. The van der Waals surface area contributed by atoms with Gasteiger partial charge in [0.1, 0.15) is 0 Å². The summed E-state index contributed by atoms with van der Waals surface area (Å²) in [6, 6.07) is 7.51. The van der Waals surface area contributed by atoms with Crippen LogP contribution in [0, 0.1) is 0 Å². The Morgan fingerprint density at radius 1 is 1.31 bits per heavy atom. The minimum Gasteiger partial charge on any atom is -0.353 e. The van der Waals surface area contributed by atoms with Crippen molar-refractivity contribution >= 4 is 17.8 Å². The van der Waals surface area contributed by atoms with E-state index in [-0.39, 0.29) is 18.4 Å². The summed E-state index contributed by atoms with van der Waals surface area (Å²) in [5.74, 6) is 0.640. The first-order chi connectivity index (χ1) is 14.0. The van der Waals surface area contributed by atoms with Crippen LogP contribution in [0.15, 0.2) is 41.9 Å². The van der Waals surface area contributed by atoms with Crippen LogP contribution in [-0.2, 0) is 11.3 Å². The first kappa shape index (κ1) is 22.5. The summed E-state index contributed by atoms with van der Waals surface area (Å²) in [5, 5.41) is 6.10. The molecule has 1 aliphatic rings. The van der Waals surface area contributed by atoms with Crippen LogP contribution < -0.4 is 10.6 Å². The van der Waals surface area contributed by atoms with Crippen molar-refractivity contribution < 1.29 is 9.59 Å². The normalized spacial score (nSPS) is 14.3. The minimum atomic E-state index is -0.110. The van der Waals surface area contributed by atoms with Crippen molar-refractivity contribution in [1.82, 2.24) is 20.4 Å². The van der Waals surface area contributed by atoms with Gasteiger partial charge in [0.25, 0.3) is 5.91 Å². The van der Waals surface area contributed by atoms with Crippen molar-refractivity contribution in [2.75, 3.05) is 40.3 Å². The highest BCUT2D eigenvalue weighted by molar-refractivity contribution is 5.97. The van der Waals surface area contributed by atoms with Crippen LogP contribution in [0.1, 0.15) is 41.6 Å². The number of guanidine groups is 1. The summed E-state index contributed by atoms with van der Waals surface area (Å²) < 4.78 is 0. The van der Waals surface area contributed by atoms with Gasteiger partial charge in [-0.1, -0.05) is 24.6 Å². The average molecular weight is 400 g/mol. The molecule has 0 spiro atoms. The standard InChI is InChI=1S/C22H33N5O2/c1-4-5-6-7-8-14-26(3)22(23-2)25-16-18-9-11-19(12-10-18)21(29)27-15-13-24-20(28)17-27/h4,9-12H,1,5-8,13-17H2,2-3H3,(H,23,25)(H,24,28). The Bertz CT molecular complexity index is 714. The monoisotopic (exact) mass is 399 g/mol. The fourth-order valence-electron chi connectivity index (χ4n) is 3.25. The van der Waals surface area contributed by atoms with Crippen LogP contribution in [0.2, 0.25) is 0 Å². The van der Waals surface area contributed by atoms with Crippen molar-refractivity contribution in [2.45, 2.75) is 32.2 Å². The molecule has 0 aromatic heterocycles. The number of carbonyl (C=O) groups is 2. The maximum atomic E-state index is 12.5. The molecule has 0 unspecified atom stereocenters. The molecule has 1 fully saturated rings. The van der Waals surface area contributed by atoms with Gasteiger partial charge in [-0.25, -0.2) is 0 Å². The number of nitrogens with zero attached hydrogens (tertiary/aromatic N) is 3. The quantitative estimate of drug-likeness (QED) is 0.288. The van der Waals surface area contributed by atoms with Crippen LogP contribution in [0.3, 0.4) is 0 Å². The Kier molecular flexibility index (Phi) is 9.21. The SMILES string of the molecule is C=CCCCCCN(C)C(=NC)NCc1ccc(C(=O)N2CCNC(=O)C2)cc1. The van der Waals surface area contributed by atoms with Crippen LogP contribution in [-0.4, -0.2) is 67.8 Å². The van der Waals surface area contributed by atoms with E-state index in [9.17, 15) is 9.59 Å². The highest BCUT2D eigenvalue weighted by Crippen LogP contribution is 2.09. The summed E-state index contributed by atoms with van der Waals surface area (Å²) in [6.07, 6.45) is 6.51. The molecule has 1 saturated heterocycles. The van der Waals surface area contributed by atoms with E-state index in [0.29, 0.717) is 25.2 Å². The molecule has 0 atom stereocenters. The first-order valence-electron chi connectivity index (χ1n) is 10.2. The second kappa shape index (κ2) is 11.9. The zero-order chi connectivity index (χ0) is 21.1. The number of aliphatic imine (C=N–C) groups is 1. The minimum absolute atomic E-state index is 0.105. The van der Waals surface area contributed by atoms with E-state index >= 15 is 0 Å². The number of carbonyl (C=O) groups excluding carboxylic acids is 2. The van der Waals surface area contributed by atoms with E-state index in [1.54, 1.807) is 11.9 Å². The molecule has 7 heteroatoms. The van der Waals surface area contributed by atoms with Crippen molar-refractivity contribution in [2.24, 2.45) is 4.99 Å². The van der Waals surface area contributed by atoms with E-state index in [1.165, 1.54) is 12.8 Å². The Labute approximate surface area is 173 Å². The number of nitrogens with one attached hydrogen (secondary N) is 2. The molecular weight excluding hydrogens is 366 g/mol. The maximum absolute atomic E-state index is 12.5. The van der Waals surface area contributed by atoms with E-state index in [2.05, 4.69) is 27.1 Å². The van der Waals surface area contributed by atoms with Gasteiger partial charge in [-0.05, 0) is 37.0 Å². The van der Waals surface area contributed by atoms with E-state index < -0.39 is 0 Å². The fourth-order valence-corrected chi connectivity index (χ4v) is 3.25. The average Bonchev–Trinajstić information content (AvgIpc) is 2.74. The lowest BCUT2D eigenvalue weighted by Gasteiger charge is -2.26. The lowest BCUT2D eigenvalue weighted by molar-refractivity contribution is -0.123. The molecule has 0 saturated carbocycles. The number of hydrogen-bond donors (Lipinski definition) is 2. The number of benzene rings is 1. The lowest BCUT2D eigenvalue weighted by Crippen LogP contribution is -2.49. The molecule has 0 aliphatic carbocycles. The molecule has 0 radical (unpaired) electrons. The number of allylic oxidation sites excluding steroid dienone is 1. The molecule has 7 nitrogen and oxygen atoms in total. The molecule has 1 aliphatic heterocycles. The molecule has 1 aromatic carbocycles. The summed E-state index contributed by atoms with van der Waals surface area (Å²) in [4.78, 5) is 32.1. The zero-order valence-corrected chi connectivity index (χ0v) is 17.6. The van der Waals surface area contributed by atoms with Crippen molar-refractivity contribution in [3.63, 3.8) is 0 Å². The van der Waals surface area contributed by atoms with Crippen molar-refractivity contribution in [3.8, 4) is 0 Å². The molecule has 29 heavy (non-hydrogen) atoms. The van der Waals surface area contributed by atoms with Crippen LogP contribution in [0.4, 0.5) is 0 Å². The molecule has 158 valence electrons. The first-order valence-corrected chi connectivity index (χ1v) is 10.2. The van der Waals surface area contributed by atoms with Gasteiger partial charge < -0.3 is 20.4 Å². The van der Waals surface area contributed by atoms with Gasteiger partial charge in [0.05, 0.1) is 6.54 Å². The van der Waals surface area contributed by atoms with E-state index in [4.69, 9.17) is 0 Å². The Morgan fingerprint density at radius 3 is 2.72 bits per heavy atom. The Balaban J connectivity index is 1.81. The van der Waals surface area contributed by atoms with Crippen LogP contribution >= 0.6 is 0 Å². The van der Waals surface area contributed by atoms with Gasteiger partial charge in [-0.2, -0.15) is 0 Å². The smallest absolute Gasteiger partial charge is 0.254 e. The van der Waals surface area contributed by atoms with Gasteiger partial charge >= 0.3 is 0 Å². The predicted molar refractivity (Wildman–Crippen MR) is 117 cm³/mol. The third-order valence-corrected chi connectivity index (χ3v) is 4.95. The van der Waals surface area contributed by atoms with Crippen LogP contribution in [0.5, 0.6) is 0 Å². The highest BCUT2D eigenvalue weighted by Gasteiger charge is 2.22. The second-order valence-electron chi connectivity index (χ2n) is 7.23. The summed E-state index contributed by atoms with van der Waals surface area (Å²) in [6.45, 7) is 6.51. The third kappa shape index (κ3) is 7.25. The fraction of sp³-hybridized carbons (Fsp3) is 0.500. The van der Waals surface area contributed by atoms with Gasteiger partial charge in [0, 0.05) is 45.8 Å². The predicted octanol–water partition coefficient (Wildman–Crippen LogP) is 2.01. The largest absolute Gasteiger partial charge is 0.353 e. The van der Waals surface area contributed by atoms with Crippen molar-refractivity contribution in [1.29, 1.82) is 0 Å². The molecule has 2 rings (SSSR count). The number of unbranched alkanes of at least 4 members (excludes halogenated alkanes) is 3. The lowest BCUT2D eigenvalue weighted by atomic mass is 10.1. The summed E-state index contributed by atoms with van der Waals surface area (Å²) in [5.41, 5.74) is 1.67. The number of rotatable bonds is 9. The maximum Gasteiger partial charge on any atom is 0.254 e. The topological polar surface area (TPSA) is 77.0 Å². The summed E-state index contributed by atoms with van der Waals surface area (Å²) >= 11 is 0. The molecule has 2 N–H and O–H groups in total. The number of hydrogen-bond acceptors (Lipinski definition) is 3. The highest BCUT2D eigenvalue weighted by atomic mass is 16.2. The summed E-state index contributed by atoms with van der Waals surface area (Å²) in [7, 11) is 3.83. The van der Waals surface area contributed by atoms with Crippen LogP contribution in [0.25, 0.3) is 0 Å². The molecular formula is C22H33N5O2. The van der Waals surface area contributed by atoms with E-state index in [0.717, 1.165) is 30.9 Å². The molecule has 0 bridgehead atoms.